The van der Waals surface area contributed by atoms with E-state index in [1.54, 1.807) is 6.07 Å². The van der Waals surface area contributed by atoms with E-state index in [0.717, 1.165) is 24.2 Å². The first-order chi connectivity index (χ1) is 9.35. The third kappa shape index (κ3) is 4.88. The normalized spacial score (nSPS) is 13.5. The Kier molecular flexibility index (Phi) is 6.63. The molecule has 2 nitrogen and oxygen atoms in total. The average Bonchev–Trinajstić information content (AvgIpc) is 2.31. The summed E-state index contributed by atoms with van der Waals surface area (Å²) in [5, 5.41) is 0. The Bertz CT molecular complexity index is 405. The van der Waals surface area contributed by atoms with E-state index in [1.807, 2.05) is 13.0 Å². The molecule has 1 unspecified atom stereocenters. The zero-order valence-corrected chi connectivity index (χ0v) is 13.5. The molecule has 3 heteroatoms. The number of hydrogen-bond acceptors (Lipinski definition) is 2. The van der Waals surface area contributed by atoms with Gasteiger partial charge in [0.1, 0.15) is 5.82 Å². The van der Waals surface area contributed by atoms with Crippen molar-refractivity contribution in [1.82, 2.24) is 4.90 Å². The Balaban J connectivity index is 3.04. The highest BCUT2D eigenvalue weighted by Crippen LogP contribution is 2.25. The Morgan fingerprint density at radius 1 is 1.10 bits per heavy atom. The topological polar surface area (TPSA) is 29.3 Å². The molecule has 0 radical (unpaired) electrons. The first-order valence-electron chi connectivity index (χ1n) is 7.55. The maximum Gasteiger partial charge on any atom is 0.123 e. The Hall–Kier alpha value is -0.930. The Morgan fingerprint density at radius 3 is 2.05 bits per heavy atom. The number of benzene rings is 1. The Morgan fingerprint density at radius 2 is 1.65 bits per heavy atom. The third-order valence-corrected chi connectivity index (χ3v) is 3.45. The molecule has 0 aliphatic rings. The molecule has 1 aromatic rings. The second-order valence-electron chi connectivity index (χ2n) is 6.49. The van der Waals surface area contributed by atoms with Crippen LogP contribution in [0.2, 0.25) is 0 Å². The van der Waals surface area contributed by atoms with E-state index in [1.165, 1.54) is 6.07 Å². The molecule has 0 fully saturated rings. The van der Waals surface area contributed by atoms with Gasteiger partial charge in [0.15, 0.2) is 0 Å². The van der Waals surface area contributed by atoms with Gasteiger partial charge in [0.05, 0.1) is 0 Å². The fourth-order valence-electron chi connectivity index (χ4n) is 2.75. The zero-order chi connectivity index (χ0) is 15.3. The minimum Gasteiger partial charge on any atom is -0.329 e. The summed E-state index contributed by atoms with van der Waals surface area (Å²) < 4.78 is 13.3. The third-order valence-electron chi connectivity index (χ3n) is 3.45. The molecule has 0 aromatic heterocycles. The summed E-state index contributed by atoms with van der Waals surface area (Å²) in [4.78, 5) is 2.44. The van der Waals surface area contributed by atoms with Crippen molar-refractivity contribution >= 4 is 0 Å². The van der Waals surface area contributed by atoms with E-state index in [2.05, 4.69) is 32.6 Å². The molecule has 20 heavy (non-hydrogen) atoms. The van der Waals surface area contributed by atoms with Gasteiger partial charge in [-0.3, -0.25) is 4.90 Å². The van der Waals surface area contributed by atoms with Gasteiger partial charge in [-0.25, -0.2) is 4.39 Å². The molecule has 0 saturated heterocycles. The molecular formula is C17H29FN2. The maximum atomic E-state index is 13.3. The molecule has 0 bridgehead atoms. The highest BCUT2D eigenvalue weighted by atomic mass is 19.1. The second-order valence-corrected chi connectivity index (χ2v) is 6.49. The fraction of sp³-hybridized carbons (Fsp3) is 0.647. The van der Waals surface area contributed by atoms with E-state index in [-0.39, 0.29) is 11.9 Å². The number of nitrogens with two attached hydrogens (primary N) is 1. The fourth-order valence-corrected chi connectivity index (χ4v) is 2.75. The van der Waals surface area contributed by atoms with E-state index in [4.69, 9.17) is 5.73 Å². The first-order valence-corrected chi connectivity index (χ1v) is 7.55. The van der Waals surface area contributed by atoms with Crippen LogP contribution in [0.25, 0.3) is 0 Å². The van der Waals surface area contributed by atoms with Gasteiger partial charge in [-0.05, 0) is 42.0 Å². The van der Waals surface area contributed by atoms with Gasteiger partial charge in [-0.15, -0.1) is 0 Å². The number of rotatable bonds is 7. The van der Waals surface area contributed by atoms with Crippen LogP contribution in [-0.2, 0) is 0 Å². The van der Waals surface area contributed by atoms with Crippen molar-refractivity contribution in [2.75, 3.05) is 19.6 Å². The van der Waals surface area contributed by atoms with Crippen molar-refractivity contribution < 1.29 is 4.39 Å². The van der Waals surface area contributed by atoms with Crippen LogP contribution in [0.4, 0.5) is 4.39 Å². The summed E-state index contributed by atoms with van der Waals surface area (Å²) in [7, 11) is 0. The van der Waals surface area contributed by atoms with Crippen molar-refractivity contribution in [1.29, 1.82) is 0 Å². The van der Waals surface area contributed by atoms with Crippen LogP contribution < -0.4 is 5.73 Å². The lowest BCUT2D eigenvalue weighted by Crippen LogP contribution is -2.39. The standard InChI is InChI=1S/C17H29FN2/c1-12(2)10-20(11-13(3)4)17(9-19)16-7-6-15(18)8-14(16)5/h6-8,12-13,17H,9-11,19H2,1-5H3. The van der Waals surface area contributed by atoms with Crippen LogP contribution in [0.1, 0.15) is 44.9 Å². The van der Waals surface area contributed by atoms with Gasteiger partial charge in [0, 0.05) is 25.7 Å². The van der Waals surface area contributed by atoms with Crippen LogP contribution >= 0.6 is 0 Å². The van der Waals surface area contributed by atoms with Crippen molar-refractivity contribution in [3.63, 3.8) is 0 Å². The summed E-state index contributed by atoms with van der Waals surface area (Å²) in [5.74, 6) is 0.994. The molecule has 1 rings (SSSR count). The van der Waals surface area contributed by atoms with Gasteiger partial charge >= 0.3 is 0 Å². The number of hydrogen-bond donors (Lipinski definition) is 1. The molecule has 0 spiro atoms. The zero-order valence-electron chi connectivity index (χ0n) is 13.5. The molecule has 1 atom stereocenters. The molecule has 1 aromatic carbocycles. The van der Waals surface area contributed by atoms with Crippen LogP contribution in [0.3, 0.4) is 0 Å². The lowest BCUT2D eigenvalue weighted by atomic mass is 9.97. The van der Waals surface area contributed by atoms with Gasteiger partial charge in [-0.1, -0.05) is 33.8 Å². The number of aryl methyl sites for hydroxylation is 1. The summed E-state index contributed by atoms with van der Waals surface area (Å²) in [6.07, 6.45) is 0. The first kappa shape index (κ1) is 17.1. The summed E-state index contributed by atoms with van der Waals surface area (Å²) in [6, 6.07) is 5.19. The minimum atomic E-state index is -0.179. The van der Waals surface area contributed by atoms with Crippen molar-refractivity contribution in [3.8, 4) is 0 Å². The SMILES string of the molecule is Cc1cc(F)ccc1C(CN)N(CC(C)C)CC(C)C. The minimum absolute atomic E-state index is 0.167. The molecule has 0 saturated carbocycles. The predicted molar refractivity (Wildman–Crippen MR) is 84.2 cm³/mol. The van der Waals surface area contributed by atoms with E-state index < -0.39 is 0 Å². The summed E-state index contributed by atoms with van der Waals surface area (Å²) in [6.45, 7) is 13.4. The quantitative estimate of drug-likeness (QED) is 0.824. The summed E-state index contributed by atoms with van der Waals surface area (Å²) >= 11 is 0. The van der Waals surface area contributed by atoms with Crippen LogP contribution in [0, 0.1) is 24.6 Å². The van der Waals surface area contributed by atoms with Crippen LogP contribution in [0.5, 0.6) is 0 Å². The number of nitrogens with zero attached hydrogens (tertiary/aromatic N) is 1. The molecule has 0 amide bonds. The molecular weight excluding hydrogens is 251 g/mol. The highest BCUT2D eigenvalue weighted by Gasteiger charge is 2.22. The summed E-state index contributed by atoms with van der Waals surface area (Å²) in [5.41, 5.74) is 8.16. The van der Waals surface area contributed by atoms with E-state index >= 15 is 0 Å². The average molecular weight is 280 g/mol. The van der Waals surface area contributed by atoms with Gasteiger partial charge in [-0.2, -0.15) is 0 Å². The van der Waals surface area contributed by atoms with Crippen LogP contribution in [-0.4, -0.2) is 24.5 Å². The number of halogens is 1. The maximum absolute atomic E-state index is 13.3. The molecule has 0 aliphatic heterocycles. The van der Waals surface area contributed by atoms with Crippen LogP contribution in [0.15, 0.2) is 18.2 Å². The predicted octanol–water partition coefficient (Wildman–Crippen LogP) is 3.75. The lowest BCUT2D eigenvalue weighted by molar-refractivity contribution is 0.159. The largest absolute Gasteiger partial charge is 0.329 e. The van der Waals surface area contributed by atoms with Crippen molar-refractivity contribution in [3.05, 3.63) is 35.1 Å². The smallest absolute Gasteiger partial charge is 0.123 e. The monoisotopic (exact) mass is 280 g/mol. The van der Waals surface area contributed by atoms with Crippen molar-refractivity contribution in [2.45, 2.75) is 40.7 Å². The molecule has 2 N–H and O–H groups in total. The highest BCUT2D eigenvalue weighted by molar-refractivity contribution is 5.30. The van der Waals surface area contributed by atoms with E-state index in [0.29, 0.717) is 18.4 Å². The second kappa shape index (κ2) is 7.75. The molecule has 0 aliphatic carbocycles. The molecule has 0 heterocycles. The van der Waals surface area contributed by atoms with Gasteiger partial charge in [0.25, 0.3) is 0 Å². The molecule has 114 valence electrons. The van der Waals surface area contributed by atoms with E-state index in [9.17, 15) is 4.39 Å². The van der Waals surface area contributed by atoms with Gasteiger partial charge in [0.2, 0.25) is 0 Å². The Labute approximate surface area is 123 Å². The van der Waals surface area contributed by atoms with Crippen molar-refractivity contribution in [2.24, 2.45) is 17.6 Å². The lowest BCUT2D eigenvalue weighted by Gasteiger charge is -2.34. The van der Waals surface area contributed by atoms with Gasteiger partial charge < -0.3 is 5.73 Å².